The Morgan fingerprint density at radius 1 is 1.32 bits per heavy atom. The molecule has 1 aromatic rings. The highest BCUT2D eigenvalue weighted by atomic mass is 19.1. The number of benzene rings is 1. The first-order chi connectivity index (χ1) is 13.3. The standard InChI is InChI=1S/C22H26FN3O2/c1-13-10-14(2)21(15(3)20(13)22(27)28)25-18-6-8-26(9-7-18)19-5-4-17(23)11-16(19)12-24/h4-5,11,14,18,25H,6-10H2,1-3H3,(H,27,28). The summed E-state index contributed by atoms with van der Waals surface area (Å²) in [5.41, 5.74) is 4.35. The van der Waals surface area contributed by atoms with E-state index in [1.807, 2.05) is 13.8 Å². The van der Waals surface area contributed by atoms with Gasteiger partial charge in [0.15, 0.2) is 0 Å². The van der Waals surface area contributed by atoms with E-state index in [0.717, 1.165) is 54.9 Å². The molecule has 28 heavy (non-hydrogen) atoms. The third-order valence-corrected chi connectivity index (χ3v) is 5.80. The molecule has 1 saturated heterocycles. The van der Waals surface area contributed by atoms with Gasteiger partial charge in [-0.25, -0.2) is 9.18 Å². The van der Waals surface area contributed by atoms with Gasteiger partial charge in [0.05, 0.1) is 16.8 Å². The van der Waals surface area contributed by atoms with Crippen LogP contribution in [0.3, 0.4) is 0 Å². The van der Waals surface area contributed by atoms with Gasteiger partial charge in [-0.15, -0.1) is 0 Å². The first-order valence-corrected chi connectivity index (χ1v) is 9.67. The Morgan fingerprint density at radius 2 is 2.00 bits per heavy atom. The Balaban J connectivity index is 1.71. The topological polar surface area (TPSA) is 76.4 Å². The Bertz CT molecular complexity index is 890. The van der Waals surface area contributed by atoms with Crippen molar-refractivity contribution in [2.24, 2.45) is 5.92 Å². The van der Waals surface area contributed by atoms with Gasteiger partial charge in [-0.1, -0.05) is 12.5 Å². The molecule has 0 saturated carbocycles. The lowest BCUT2D eigenvalue weighted by atomic mass is 9.83. The van der Waals surface area contributed by atoms with Crippen molar-refractivity contribution in [2.45, 2.75) is 46.1 Å². The van der Waals surface area contributed by atoms with Crippen LogP contribution in [0.2, 0.25) is 0 Å². The lowest BCUT2D eigenvalue weighted by molar-refractivity contribution is -0.132. The number of rotatable bonds is 4. The summed E-state index contributed by atoms with van der Waals surface area (Å²) in [5.74, 6) is -0.997. The van der Waals surface area contributed by atoms with E-state index in [0.29, 0.717) is 11.1 Å². The van der Waals surface area contributed by atoms with Crippen molar-refractivity contribution in [1.29, 1.82) is 5.26 Å². The molecule has 3 rings (SSSR count). The van der Waals surface area contributed by atoms with E-state index in [1.54, 1.807) is 6.07 Å². The first kappa shape index (κ1) is 19.9. The van der Waals surface area contributed by atoms with Crippen LogP contribution in [0.1, 0.15) is 45.6 Å². The fourth-order valence-electron chi connectivity index (χ4n) is 4.44. The Morgan fingerprint density at radius 3 is 2.61 bits per heavy atom. The second-order valence-electron chi connectivity index (χ2n) is 7.78. The third-order valence-electron chi connectivity index (χ3n) is 5.80. The van der Waals surface area contributed by atoms with Crippen LogP contribution in [0.5, 0.6) is 0 Å². The van der Waals surface area contributed by atoms with Crippen LogP contribution in [0.25, 0.3) is 0 Å². The molecule has 1 atom stereocenters. The Kier molecular flexibility index (Phi) is 5.73. The SMILES string of the molecule is CC1=C(C(=O)O)C(C)=C(NC2CCN(c3ccc(F)cc3C#N)CC2)C(C)C1. The maximum atomic E-state index is 13.4. The third kappa shape index (κ3) is 3.89. The highest BCUT2D eigenvalue weighted by Crippen LogP contribution is 2.34. The number of hydrogen-bond acceptors (Lipinski definition) is 4. The average molecular weight is 383 g/mol. The summed E-state index contributed by atoms with van der Waals surface area (Å²) in [4.78, 5) is 13.7. The van der Waals surface area contributed by atoms with Crippen molar-refractivity contribution >= 4 is 11.7 Å². The highest BCUT2D eigenvalue weighted by molar-refractivity contribution is 5.93. The highest BCUT2D eigenvalue weighted by Gasteiger charge is 2.29. The van der Waals surface area contributed by atoms with Crippen LogP contribution in [0, 0.1) is 23.1 Å². The lowest BCUT2D eigenvalue weighted by Gasteiger charge is -2.37. The number of nitrogens with zero attached hydrogens (tertiary/aromatic N) is 2. The predicted molar refractivity (Wildman–Crippen MR) is 106 cm³/mol. The van der Waals surface area contributed by atoms with Crippen LogP contribution in [-0.2, 0) is 4.79 Å². The van der Waals surface area contributed by atoms with E-state index in [2.05, 4.69) is 23.2 Å². The minimum absolute atomic E-state index is 0.253. The van der Waals surface area contributed by atoms with E-state index in [9.17, 15) is 19.6 Å². The largest absolute Gasteiger partial charge is 0.478 e. The molecule has 1 heterocycles. The molecule has 0 radical (unpaired) electrons. The van der Waals surface area contributed by atoms with Crippen molar-refractivity contribution < 1.29 is 14.3 Å². The monoisotopic (exact) mass is 383 g/mol. The molecule has 2 aliphatic rings. The second-order valence-corrected chi connectivity index (χ2v) is 7.78. The fraction of sp³-hybridized carbons (Fsp3) is 0.455. The van der Waals surface area contributed by atoms with Crippen LogP contribution in [-0.4, -0.2) is 30.2 Å². The van der Waals surface area contributed by atoms with Crippen molar-refractivity contribution in [3.05, 3.63) is 52.0 Å². The summed E-state index contributed by atoms with van der Waals surface area (Å²) in [6.07, 6.45) is 2.49. The number of allylic oxidation sites excluding steroid dienone is 2. The van der Waals surface area contributed by atoms with Gasteiger partial charge in [-0.05, 0) is 62.8 Å². The van der Waals surface area contributed by atoms with Crippen LogP contribution < -0.4 is 10.2 Å². The van der Waals surface area contributed by atoms with Gasteiger partial charge in [-0.2, -0.15) is 5.26 Å². The van der Waals surface area contributed by atoms with Crippen LogP contribution in [0.4, 0.5) is 10.1 Å². The molecular formula is C22H26FN3O2. The fourth-order valence-corrected chi connectivity index (χ4v) is 4.44. The smallest absolute Gasteiger partial charge is 0.335 e. The number of aliphatic carboxylic acids is 1. The number of hydrogen-bond donors (Lipinski definition) is 2. The molecule has 0 amide bonds. The zero-order chi connectivity index (χ0) is 20.4. The quantitative estimate of drug-likeness (QED) is 0.823. The second kappa shape index (κ2) is 8.05. The Hall–Kier alpha value is -2.81. The molecule has 148 valence electrons. The summed E-state index contributed by atoms with van der Waals surface area (Å²) >= 11 is 0. The molecule has 1 aromatic carbocycles. The number of halogens is 1. The minimum atomic E-state index is -0.864. The normalized spacial score (nSPS) is 21.0. The zero-order valence-corrected chi connectivity index (χ0v) is 16.6. The van der Waals surface area contributed by atoms with Crippen molar-refractivity contribution in [1.82, 2.24) is 5.32 Å². The summed E-state index contributed by atoms with van der Waals surface area (Å²) in [6.45, 7) is 7.44. The van der Waals surface area contributed by atoms with E-state index >= 15 is 0 Å². The predicted octanol–water partition coefficient (Wildman–Crippen LogP) is 3.97. The number of anilines is 1. The molecular weight excluding hydrogens is 357 g/mol. The number of carboxylic acids is 1. The van der Waals surface area contributed by atoms with Gasteiger partial charge in [0.2, 0.25) is 0 Å². The molecule has 2 N–H and O–H groups in total. The minimum Gasteiger partial charge on any atom is -0.478 e. The molecule has 0 aromatic heterocycles. The molecule has 0 spiro atoms. The van der Waals surface area contributed by atoms with E-state index in [4.69, 9.17) is 0 Å². The summed E-state index contributed by atoms with van der Waals surface area (Å²) in [7, 11) is 0. The lowest BCUT2D eigenvalue weighted by Crippen LogP contribution is -2.44. The van der Waals surface area contributed by atoms with Gasteiger partial charge in [0.1, 0.15) is 11.9 Å². The average Bonchev–Trinajstić information content (AvgIpc) is 2.65. The number of carboxylic acid groups (broad SMARTS) is 1. The molecule has 6 heteroatoms. The molecule has 1 aliphatic carbocycles. The molecule has 1 aliphatic heterocycles. The molecule has 0 bridgehead atoms. The molecule has 1 fully saturated rings. The number of carbonyl (C=O) groups is 1. The van der Waals surface area contributed by atoms with Gasteiger partial charge in [0, 0.05) is 24.8 Å². The van der Waals surface area contributed by atoms with Gasteiger partial charge < -0.3 is 15.3 Å². The molecule has 5 nitrogen and oxygen atoms in total. The van der Waals surface area contributed by atoms with Gasteiger partial charge >= 0.3 is 5.97 Å². The van der Waals surface area contributed by atoms with Crippen molar-refractivity contribution in [3.63, 3.8) is 0 Å². The zero-order valence-electron chi connectivity index (χ0n) is 16.6. The van der Waals surface area contributed by atoms with Crippen LogP contribution in [0.15, 0.2) is 40.6 Å². The summed E-state index contributed by atoms with van der Waals surface area (Å²) in [6, 6.07) is 6.67. The van der Waals surface area contributed by atoms with Crippen molar-refractivity contribution in [3.8, 4) is 6.07 Å². The van der Waals surface area contributed by atoms with Gasteiger partial charge in [0.25, 0.3) is 0 Å². The van der Waals surface area contributed by atoms with Crippen molar-refractivity contribution in [2.75, 3.05) is 18.0 Å². The first-order valence-electron chi connectivity index (χ1n) is 9.67. The van der Waals surface area contributed by atoms with Gasteiger partial charge in [-0.3, -0.25) is 0 Å². The molecule has 1 unspecified atom stereocenters. The van der Waals surface area contributed by atoms with E-state index in [-0.39, 0.29) is 12.0 Å². The van der Waals surface area contributed by atoms with E-state index < -0.39 is 11.8 Å². The number of piperidine rings is 1. The Labute approximate surface area is 165 Å². The maximum Gasteiger partial charge on any atom is 0.335 e. The van der Waals surface area contributed by atoms with Crippen LogP contribution >= 0.6 is 0 Å². The van der Waals surface area contributed by atoms with E-state index in [1.165, 1.54) is 12.1 Å². The maximum absolute atomic E-state index is 13.4. The number of nitriles is 1. The summed E-state index contributed by atoms with van der Waals surface area (Å²) in [5, 5.41) is 22.4. The summed E-state index contributed by atoms with van der Waals surface area (Å²) < 4.78 is 13.4. The number of nitrogens with one attached hydrogen (secondary N) is 1.